The third-order valence-corrected chi connectivity index (χ3v) is 3.83. The minimum absolute atomic E-state index is 0.0766. The molecule has 0 aliphatic carbocycles. The molecular weight excluding hydrogens is 256 g/mol. The molecule has 2 aromatic rings. The molecule has 8 heteroatoms. The van der Waals surface area contributed by atoms with Gasteiger partial charge in [0.05, 0.1) is 12.2 Å². The maximum atomic E-state index is 12.0. The van der Waals surface area contributed by atoms with Gasteiger partial charge in [-0.25, -0.2) is 13.1 Å². The van der Waals surface area contributed by atoms with Crippen LogP contribution in [0.2, 0.25) is 0 Å². The van der Waals surface area contributed by atoms with E-state index in [1.165, 1.54) is 6.92 Å². The number of nitrogens with one attached hydrogen (secondary N) is 1. The van der Waals surface area contributed by atoms with E-state index < -0.39 is 10.0 Å². The molecule has 0 fully saturated rings. The molecule has 2 rings (SSSR count). The lowest BCUT2D eigenvalue weighted by Gasteiger charge is -2.05. The molecule has 18 heavy (non-hydrogen) atoms. The Hall–Kier alpha value is -1.93. The molecule has 0 amide bonds. The Morgan fingerprint density at radius 2 is 2.22 bits per heavy atom. The molecule has 0 bridgehead atoms. The van der Waals surface area contributed by atoms with Crippen molar-refractivity contribution in [3.8, 4) is 0 Å². The van der Waals surface area contributed by atoms with Gasteiger partial charge in [-0.2, -0.15) is 0 Å². The van der Waals surface area contributed by atoms with Crippen molar-refractivity contribution in [2.24, 2.45) is 0 Å². The van der Waals surface area contributed by atoms with Crippen molar-refractivity contribution >= 4 is 15.8 Å². The van der Waals surface area contributed by atoms with Crippen LogP contribution in [-0.2, 0) is 16.6 Å². The van der Waals surface area contributed by atoms with Gasteiger partial charge in [0.1, 0.15) is 0 Å². The van der Waals surface area contributed by atoms with Crippen LogP contribution in [0.25, 0.3) is 0 Å². The number of hydrogen-bond donors (Lipinski definition) is 2. The van der Waals surface area contributed by atoms with Gasteiger partial charge in [0.15, 0.2) is 16.5 Å². The first-order valence-corrected chi connectivity index (χ1v) is 6.60. The number of nitrogens with zero attached hydrogens (tertiary/aromatic N) is 2. The van der Waals surface area contributed by atoms with Crippen molar-refractivity contribution in [1.82, 2.24) is 14.9 Å². The first kappa shape index (κ1) is 12.5. The highest BCUT2D eigenvalue weighted by molar-refractivity contribution is 7.89. The van der Waals surface area contributed by atoms with Crippen LogP contribution in [-0.4, -0.2) is 18.6 Å². The van der Waals surface area contributed by atoms with Gasteiger partial charge in [0, 0.05) is 6.20 Å². The summed E-state index contributed by atoms with van der Waals surface area (Å²) in [6.45, 7) is 1.56. The van der Waals surface area contributed by atoms with E-state index in [1.807, 2.05) is 0 Å². The molecule has 0 aliphatic rings. The minimum atomic E-state index is -3.75. The zero-order chi connectivity index (χ0) is 13.2. The highest BCUT2D eigenvalue weighted by Crippen LogP contribution is 2.21. The largest absolute Gasteiger partial charge is 0.380 e. The molecule has 0 radical (unpaired) electrons. The number of nitrogen functional groups attached to an aromatic ring is 1. The molecule has 0 saturated carbocycles. The van der Waals surface area contributed by atoms with E-state index in [1.54, 1.807) is 24.4 Å². The quantitative estimate of drug-likeness (QED) is 0.832. The number of hydrogen-bond acceptors (Lipinski definition) is 6. The Kier molecular flexibility index (Phi) is 3.30. The Labute approximate surface area is 104 Å². The van der Waals surface area contributed by atoms with Crippen molar-refractivity contribution in [2.45, 2.75) is 18.4 Å². The second-order valence-electron chi connectivity index (χ2n) is 3.60. The van der Waals surface area contributed by atoms with Crippen LogP contribution in [0.1, 0.15) is 11.5 Å². The lowest BCUT2D eigenvalue weighted by Crippen LogP contribution is -2.24. The number of sulfonamides is 1. The van der Waals surface area contributed by atoms with Crippen LogP contribution >= 0.6 is 0 Å². The molecule has 2 heterocycles. The summed E-state index contributed by atoms with van der Waals surface area (Å²) >= 11 is 0. The molecule has 2 aromatic heterocycles. The second-order valence-corrected chi connectivity index (χ2v) is 5.30. The van der Waals surface area contributed by atoms with Gasteiger partial charge < -0.3 is 10.3 Å². The van der Waals surface area contributed by atoms with E-state index in [2.05, 4.69) is 14.9 Å². The standard InChI is InChI=1S/C10H12N4O3S/c1-7-9(10(11)14-17-7)18(15,16)13-6-8-4-2-3-5-12-8/h2-5,13H,6H2,1H3,(H2,11,14). The highest BCUT2D eigenvalue weighted by atomic mass is 32.2. The van der Waals surface area contributed by atoms with Gasteiger partial charge in [-0.3, -0.25) is 4.98 Å². The number of pyridine rings is 1. The molecule has 0 unspecified atom stereocenters. The number of aryl methyl sites for hydroxylation is 1. The molecule has 3 N–H and O–H groups in total. The average Bonchev–Trinajstić information content (AvgIpc) is 2.69. The summed E-state index contributed by atoms with van der Waals surface area (Å²) in [5.41, 5.74) is 6.06. The fourth-order valence-corrected chi connectivity index (χ4v) is 2.66. The Morgan fingerprint density at radius 3 is 2.78 bits per heavy atom. The molecule has 0 aromatic carbocycles. The first-order chi connectivity index (χ1) is 8.50. The summed E-state index contributed by atoms with van der Waals surface area (Å²) in [5, 5.41) is 3.41. The van der Waals surface area contributed by atoms with Gasteiger partial charge in [-0.15, -0.1) is 0 Å². The molecule has 0 aliphatic heterocycles. The van der Waals surface area contributed by atoms with E-state index in [-0.39, 0.29) is 23.0 Å². The number of anilines is 1. The fourth-order valence-electron chi connectivity index (χ4n) is 1.45. The van der Waals surface area contributed by atoms with Crippen LogP contribution in [0.4, 0.5) is 5.82 Å². The summed E-state index contributed by atoms with van der Waals surface area (Å²) in [6, 6.07) is 5.24. The van der Waals surface area contributed by atoms with Crippen molar-refractivity contribution in [3.05, 3.63) is 35.9 Å². The molecular formula is C10H12N4O3S. The van der Waals surface area contributed by atoms with Crippen LogP contribution in [0.15, 0.2) is 33.8 Å². The third kappa shape index (κ3) is 2.49. The number of rotatable bonds is 4. The van der Waals surface area contributed by atoms with Crippen LogP contribution < -0.4 is 10.5 Å². The lowest BCUT2D eigenvalue weighted by atomic mass is 10.4. The number of nitrogens with two attached hydrogens (primary N) is 1. The van der Waals surface area contributed by atoms with Gasteiger partial charge in [-0.1, -0.05) is 11.2 Å². The van der Waals surface area contributed by atoms with Crippen molar-refractivity contribution in [1.29, 1.82) is 0 Å². The normalized spacial score (nSPS) is 11.6. The second kappa shape index (κ2) is 4.75. The summed E-state index contributed by atoms with van der Waals surface area (Å²) in [7, 11) is -3.75. The van der Waals surface area contributed by atoms with Crippen molar-refractivity contribution in [2.75, 3.05) is 5.73 Å². The van der Waals surface area contributed by atoms with E-state index in [0.29, 0.717) is 5.69 Å². The van der Waals surface area contributed by atoms with Crippen LogP contribution in [0.3, 0.4) is 0 Å². The third-order valence-electron chi connectivity index (χ3n) is 2.27. The monoisotopic (exact) mass is 268 g/mol. The molecule has 0 spiro atoms. The summed E-state index contributed by atoms with van der Waals surface area (Å²) in [6.07, 6.45) is 1.59. The maximum absolute atomic E-state index is 12.0. The van der Waals surface area contributed by atoms with Crippen molar-refractivity contribution in [3.63, 3.8) is 0 Å². The smallest absolute Gasteiger partial charge is 0.248 e. The highest BCUT2D eigenvalue weighted by Gasteiger charge is 2.24. The van der Waals surface area contributed by atoms with Gasteiger partial charge in [0.2, 0.25) is 10.0 Å². The Balaban J connectivity index is 2.19. The molecule has 96 valence electrons. The van der Waals surface area contributed by atoms with Gasteiger partial charge in [-0.05, 0) is 19.1 Å². The predicted molar refractivity (Wildman–Crippen MR) is 63.9 cm³/mol. The lowest BCUT2D eigenvalue weighted by molar-refractivity contribution is 0.396. The van der Waals surface area contributed by atoms with E-state index in [0.717, 1.165) is 0 Å². The first-order valence-electron chi connectivity index (χ1n) is 5.12. The topological polar surface area (TPSA) is 111 Å². The van der Waals surface area contributed by atoms with Crippen molar-refractivity contribution < 1.29 is 12.9 Å². The number of aromatic nitrogens is 2. The van der Waals surface area contributed by atoms with Crippen LogP contribution in [0.5, 0.6) is 0 Å². The fraction of sp³-hybridized carbons (Fsp3) is 0.200. The van der Waals surface area contributed by atoms with Gasteiger partial charge in [0.25, 0.3) is 0 Å². The molecule has 0 atom stereocenters. The summed E-state index contributed by atoms with van der Waals surface area (Å²) in [5.74, 6) is 0.00189. The average molecular weight is 268 g/mol. The van der Waals surface area contributed by atoms with Crippen LogP contribution in [0, 0.1) is 6.92 Å². The summed E-state index contributed by atoms with van der Waals surface area (Å²) in [4.78, 5) is 3.88. The summed E-state index contributed by atoms with van der Waals surface area (Å²) < 4.78 is 31.1. The Morgan fingerprint density at radius 1 is 1.44 bits per heavy atom. The zero-order valence-electron chi connectivity index (χ0n) is 9.62. The molecule has 7 nitrogen and oxygen atoms in total. The van der Waals surface area contributed by atoms with E-state index in [4.69, 9.17) is 10.3 Å². The maximum Gasteiger partial charge on any atom is 0.248 e. The molecule has 0 saturated heterocycles. The van der Waals surface area contributed by atoms with Gasteiger partial charge >= 0.3 is 0 Å². The predicted octanol–water partition coefficient (Wildman–Crippen LogP) is 0.439. The van der Waals surface area contributed by atoms with E-state index >= 15 is 0 Å². The minimum Gasteiger partial charge on any atom is -0.380 e. The Bertz CT molecular complexity index is 617. The SMILES string of the molecule is Cc1onc(N)c1S(=O)(=O)NCc1ccccn1. The zero-order valence-corrected chi connectivity index (χ0v) is 10.4. The van der Waals surface area contributed by atoms with E-state index in [9.17, 15) is 8.42 Å².